The van der Waals surface area contributed by atoms with Gasteiger partial charge in [0.1, 0.15) is 0 Å². The number of halogens is 1. The first-order valence-corrected chi connectivity index (χ1v) is 4.79. The summed E-state index contributed by atoms with van der Waals surface area (Å²) in [5.41, 5.74) is 7.81. The zero-order valence-corrected chi connectivity index (χ0v) is 8.76. The molecule has 3 amide bonds. The lowest BCUT2D eigenvalue weighted by molar-refractivity contribution is -0.171. The molecule has 0 aromatic rings. The van der Waals surface area contributed by atoms with Gasteiger partial charge < -0.3 is 10.8 Å². The molecule has 1 heterocycles. The Morgan fingerprint density at radius 1 is 1.67 bits per heavy atom. The van der Waals surface area contributed by atoms with E-state index in [1.165, 1.54) is 0 Å². The summed E-state index contributed by atoms with van der Waals surface area (Å²) in [6, 6.07) is -1.45. The summed E-state index contributed by atoms with van der Waals surface area (Å²) in [7, 11) is 0. The monoisotopic (exact) mass is 276 g/mol. The lowest BCUT2D eigenvalue weighted by Gasteiger charge is -2.05. The number of imide groups is 1. The first-order valence-electron chi connectivity index (χ1n) is 3.67. The Hall–Kier alpha value is -1.57. The molecule has 1 rings (SSSR count). The molecule has 1 saturated heterocycles. The SMILES string of the molecule is [N-]=[N+]=C1C(=O)N(O)C(=O)C1NC(=O)CBr. The number of rotatable bonds is 2. The van der Waals surface area contributed by atoms with Gasteiger partial charge in [-0.2, -0.15) is 4.79 Å². The molecule has 0 aromatic heterocycles. The van der Waals surface area contributed by atoms with Crippen LogP contribution in [0.5, 0.6) is 0 Å². The highest BCUT2D eigenvalue weighted by Crippen LogP contribution is 2.06. The van der Waals surface area contributed by atoms with Crippen molar-refractivity contribution in [3.05, 3.63) is 5.53 Å². The Morgan fingerprint density at radius 3 is 2.73 bits per heavy atom. The molecule has 1 aliphatic heterocycles. The van der Waals surface area contributed by atoms with E-state index in [4.69, 9.17) is 10.7 Å². The van der Waals surface area contributed by atoms with Gasteiger partial charge in [-0.3, -0.25) is 19.6 Å². The largest absolute Gasteiger partial charge is 0.390 e. The van der Waals surface area contributed by atoms with Crippen molar-refractivity contribution >= 4 is 39.4 Å². The molecular weight excluding hydrogens is 272 g/mol. The van der Waals surface area contributed by atoms with Crippen molar-refractivity contribution < 1.29 is 24.4 Å². The molecule has 0 aliphatic carbocycles. The van der Waals surface area contributed by atoms with Crippen LogP contribution in [-0.4, -0.2) is 49.9 Å². The van der Waals surface area contributed by atoms with Gasteiger partial charge in [0.15, 0.2) is 0 Å². The van der Waals surface area contributed by atoms with Crippen LogP contribution in [-0.2, 0) is 14.4 Å². The maximum Gasteiger partial charge on any atom is 0.390 e. The van der Waals surface area contributed by atoms with Crippen molar-refractivity contribution in [2.45, 2.75) is 6.04 Å². The maximum absolute atomic E-state index is 11.2. The average Bonchev–Trinajstić information content (AvgIpc) is 2.43. The fraction of sp³-hybridized carbons (Fsp3) is 0.333. The lowest BCUT2D eigenvalue weighted by Crippen LogP contribution is -2.44. The van der Waals surface area contributed by atoms with Gasteiger partial charge >= 0.3 is 11.6 Å². The standard InChI is InChI=1S/C6H5BrN4O4/c7-1-2(12)9-3-4(10-8)6(14)11(15)5(3)13/h3,15H,1H2,(H,9,12). The summed E-state index contributed by atoms with van der Waals surface area (Å²) in [5, 5.41) is 10.7. The first-order chi connectivity index (χ1) is 7.02. The average molecular weight is 277 g/mol. The van der Waals surface area contributed by atoms with E-state index in [1.807, 2.05) is 0 Å². The number of hydrogen-bond acceptors (Lipinski definition) is 4. The minimum atomic E-state index is -1.45. The Labute approximate surface area is 91.6 Å². The molecular formula is C6H5BrN4O4. The summed E-state index contributed by atoms with van der Waals surface area (Å²) in [4.78, 5) is 35.7. The molecule has 0 bridgehead atoms. The molecule has 1 fully saturated rings. The van der Waals surface area contributed by atoms with Gasteiger partial charge in [-0.15, -0.1) is 5.06 Å². The number of carbonyl (C=O) groups excluding carboxylic acids is 3. The van der Waals surface area contributed by atoms with Gasteiger partial charge in [-0.05, 0) is 0 Å². The van der Waals surface area contributed by atoms with Crippen molar-refractivity contribution in [3.8, 4) is 0 Å². The third-order valence-corrected chi connectivity index (χ3v) is 2.18. The van der Waals surface area contributed by atoms with Crippen LogP contribution in [0.4, 0.5) is 0 Å². The van der Waals surface area contributed by atoms with E-state index in [1.54, 1.807) is 0 Å². The summed E-state index contributed by atoms with van der Waals surface area (Å²) >= 11 is 2.83. The van der Waals surface area contributed by atoms with Crippen LogP contribution >= 0.6 is 15.9 Å². The van der Waals surface area contributed by atoms with Gasteiger partial charge in [-0.25, -0.2) is 0 Å². The molecule has 9 heteroatoms. The Kier molecular flexibility index (Phi) is 3.30. The molecule has 0 radical (unpaired) electrons. The third-order valence-electron chi connectivity index (χ3n) is 1.68. The summed E-state index contributed by atoms with van der Waals surface area (Å²) in [6.07, 6.45) is 0. The third kappa shape index (κ3) is 1.94. The molecule has 8 nitrogen and oxygen atoms in total. The first kappa shape index (κ1) is 11.5. The fourth-order valence-corrected chi connectivity index (χ4v) is 1.16. The fourth-order valence-electron chi connectivity index (χ4n) is 1.00. The number of alkyl halides is 1. The molecule has 0 spiro atoms. The molecule has 1 aliphatic rings. The van der Waals surface area contributed by atoms with Crippen molar-refractivity contribution in [1.82, 2.24) is 10.4 Å². The predicted molar refractivity (Wildman–Crippen MR) is 48.0 cm³/mol. The summed E-state index contributed by atoms with van der Waals surface area (Å²) in [6.45, 7) is 0. The second-order valence-corrected chi connectivity index (χ2v) is 3.14. The molecule has 0 aromatic carbocycles. The van der Waals surface area contributed by atoms with E-state index >= 15 is 0 Å². The van der Waals surface area contributed by atoms with E-state index < -0.39 is 29.5 Å². The van der Waals surface area contributed by atoms with Crippen molar-refractivity contribution in [2.24, 2.45) is 0 Å². The minimum absolute atomic E-state index is 0.0882. The smallest absolute Gasteiger partial charge is 0.361 e. The maximum atomic E-state index is 11.2. The topological polar surface area (TPSA) is 123 Å². The number of amides is 3. The van der Waals surface area contributed by atoms with Crippen LogP contribution in [0, 0.1) is 0 Å². The lowest BCUT2D eigenvalue weighted by atomic mass is 10.2. The molecule has 80 valence electrons. The second-order valence-electron chi connectivity index (χ2n) is 2.57. The van der Waals surface area contributed by atoms with Crippen molar-refractivity contribution in [3.63, 3.8) is 0 Å². The normalized spacial score (nSPS) is 20.5. The predicted octanol–water partition coefficient (Wildman–Crippen LogP) is -1.71. The van der Waals surface area contributed by atoms with E-state index in [0.29, 0.717) is 0 Å². The van der Waals surface area contributed by atoms with E-state index in [2.05, 4.69) is 26.0 Å². The van der Waals surface area contributed by atoms with Gasteiger partial charge in [0.25, 0.3) is 5.91 Å². The summed E-state index contributed by atoms with van der Waals surface area (Å²) in [5.74, 6) is -2.82. The second kappa shape index (κ2) is 4.30. The highest BCUT2D eigenvalue weighted by atomic mass is 79.9. The van der Waals surface area contributed by atoms with Crippen LogP contribution in [0.2, 0.25) is 0 Å². The number of hydroxylamine groups is 2. The van der Waals surface area contributed by atoms with E-state index in [9.17, 15) is 14.4 Å². The molecule has 1 atom stereocenters. The van der Waals surface area contributed by atoms with Crippen molar-refractivity contribution in [2.75, 3.05) is 5.33 Å². The Balaban J connectivity index is 2.97. The molecule has 15 heavy (non-hydrogen) atoms. The minimum Gasteiger partial charge on any atom is -0.361 e. The van der Waals surface area contributed by atoms with Crippen molar-refractivity contribution in [1.29, 1.82) is 0 Å². The van der Waals surface area contributed by atoms with Crippen LogP contribution < -0.4 is 5.32 Å². The highest BCUT2D eigenvalue weighted by molar-refractivity contribution is 9.09. The highest BCUT2D eigenvalue weighted by Gasteiger charge is 2.52. The molecule has 0 saturated carbocycles. The molecule has 1 unspecified atom stereocenters. The van der Waals surface area contributed by atoms with Gasteiger partial charge in [0.2, 0.25) is 11.9 Å². The van der Waals surface area contributed by atoms with Gasteiger partial charge in [-0.1, -0.05) is 15.9 Å². The number of nitrogens with one attached hydrogen (secondary N) is 1. The van der Waals surface area contributed by atoms with Crippen LogP contribution in [0.25, 0.3) is 5.53 Å². The van der Waals surface area contributed by atoms with Gasteiger partial charge in [0, 0.05) is 0 Å². The van der Waals surface area contributed by atoms with E-state index in [0.717, 1.165) is 0 Å². The Morgan fingerprint density at radius 2 is 2.27 bits per heavy atom. The zero-order chi connectivity index (χ0) is 11.6. The van der Waals surface area contributed by atoms with Crippen LogP contribution in [0.1, 0.15) is 0 Å². The molecule has 2 N–H and O–H groups in total. The Bertz CT molecular complexity index is 389. The zero-order valence-electron chi connectivity index (χ0n) is 7.18. The van der Waals surface area contributed by atoms with Gasteiger partial charge in [0.05, 0.1) is 5.33 Å². The van der Waals surface area contributed by atoms with Crippen LogP contribution in [0.3, 0.4) is 0 Å². The van der Waals surface area contributed by atoms with Crippen LogP contribution in [0.15, 0.2) is 0 Å². The number of hydrogen-bond donors (Lipinski definition) is 2. The number of carbonyl (C=O) groups is 3. The number of nitrogens with zero attached hydrogens (tertiary/aromatic N) is 3. The van der Waals surface area contributed by atoms with E-state index in [-0.39, 0.29) is 10.4 Å². The summed E-state index contributed by atoms with van der Waals surface area (Å²) < 4.78 is 0. The quantitative estimate of drug-likeness (QED) is 0.205.